The maximum atomic E-state index is 11.3. The third kappa shape index (κ3) is 3.90. The number of nitro benzene ring substituents is 1. The van der Waals surface area contributed by atoms with Crippen molar-refractivity contribution in [3.8, 4) is 5.75 Å². The Morgan fingerprint density at radius 1 is 1.37 bits per heavy atom. The molecule has 19 heavy (non-hydrogen) atoms. The highest BCUT2D eigenvalue weighted by Gasteiger charge is 2.25. The normalized spacial score (nSPS) is 11.1. The zero-order chi connectivity index (χ0) is 14.6. The predicted molar refractivity (Wildman–Crippen MR) is 72.2 cm³/mol. The number of hydrogen-bond acceptors (Lipinski definition) is 5. The van der Waals surface area contributed by atoms with E-state index in [-0.39, 0.29) is 24.1 Å². The van der Waals surface area contributed by atoms with Crippen LogP contribution in [0, 0.1) is 10.1 Å². The molecule has 0 saturated heterocycles. The van der Waals surface area contributed by atoms with Gasteiger partial charge in [-0.3, -0.25) is 10.1 Å². The molecular weight excluding hydrogens is 248 g/mol. The summed E-state index contributed by atoms with van der Waals surface area (Å²) >= 11 is 0. The van der Waals surface area contributed by atoms with E-state index in [9.17, 15) is 15.2 Å². The van der Waals surface area contributed by atoms with Crippen molar-refractivity contribution in [2.45, 2.75) is 33.1 Å². The molecule has 0 aromatic heterocycles. The Labute approximate surface area is 112 Å². The predicted octanol–water partition coefficient (Wildman–Crippen LogP) is 1.94. The van der Waals surface area contributed by atoms with E-state index < -0.39 is 4.92 Å². The van der Waals surface area contributed by atoms with E-state index in [2.05, 4.69) is 0 Å². The second kappa shape index (κ2) is 6.49. The van der Waals surface area contributed by atoms with E-state index >= 15 is 0 Å². The van der Waals surface area contributed by atoms with Crippen molar-refractivity contribution in [1.29, 1.82) is 0 Å². The topological polar surface area (TPSA) is 75.8 Å². The van der Waals surface area contributed by atoms with Gasteiger partial charge in [0.2, 0.25) is 5.75 Å². The summed E-state index contributed by atoms with van der Waals surface area (Å²) in [5.41, 5.74) is 0.944. The molecule has 6 heteroatoms. The molecule has 106 valence electrons. The van der Waals surface area contributed by atoms with Crippen LogP contribution in [0.3, 0.4) is 0 Å². The van der Waals surface area contributed by atoms with Crippen LogP contribution < -0.4 is 4.74 Å². The quantitative estimate of drug-likeness (QED) is 0.630. The van der Waals surface area contributed by atoms with Gasteiger partial charge >= 0.3 is 5.69 Å². The first-order valence-electron chi connectivity index (χ1n) is 6.08. The minimum Gasteiger partial charge on any atom is -0.484 e. The lowest BCUT2D eigenvalue weighted by Crippen LogP contribution is -2.15. The van der Waals surface area contributed by atoms with E-state index in [0.717, 1.165) is 0 Å². The van der Waals surface area contributed by atoms with Crippen LogP contribution in [-0.4, -0.2) is 35.1 Å². The van der Waals surface area contributed by atoms with Crippen molar-refractivity contribution in [2.24, 2.45) is 0 Å². The highest BCUT2D eigenvalue weighted by molar-refractivity contribution is 5.57. The molecule has 1 N–H and O–H groups in total. The summed E-state index contributed by atoms with van der Waals surface area (Å²) in [4.78, 5) is 12.7. The number of rotatable bonds is 6. The fourth-order valence-corrected chi connectivity index (χ4v) is 1.81. The summed E-state index contributed by atoms with van der Waals surface area (Å²) in [6, 6.07) is 3.33. The summed E-state index contributed by atoms with van der Waals surface area (Å²) in [7, 11) is 3.68. The molecule has 0 aliphatic rings. The molecule has 0 heterocycles. The summed E-state index contributed by atoms with van der Waals surface area (Å²) in [6.45, 7) is 3.74. The largest absolute Gasteiger partial charge is 0.484 e. The summed E-state index contributed by atoms with van der Waals surface area (Å²) in [5.74, 6) is 0.168. The zero-order valence-corrected chi connectivity index (χ0v) is 11.7. The van der Waals surface area contributed by atoms with Crippen molar-refractivity contribution in [1.82, 2.24) is 4.90 Å². The van der Waals surface area contributed by atoms with E-state index in [0.29, 0.717) is 17.7 Å². The number of hydrogen-bond donors (Lipinski definition) is 1. The Morgan fingerprint density at radius 3 is 2.37 bits per heavy atom. The van der Waals surface area contributed by atoms with Gasteiger partial charge in [0.25, 0.3) is 0 Å². The summed E-state index contributed by atoms with van der Waals surface area (Å²) in [6.07, 6.45) is -0.196. The van der Waals surface area contributed by atoms with Gasteiger partial charge in [-0.25, -0.2) is 0 Å². The second-order valence-electron chi connectivity index (χ2n) is 4.88. The molecule has 1 aromatic carbocycles. The van der Waals surface area contributed by atoms with E-state index in [4.69, 9.17) is 4.74 Å². The Balaban J connectivity index is 3.39. The van der Waals surface area contributed by atoms with Crippen LogP contribution in [0.15, 0.2) is 12.1 Å². The number of benzene rings is 1. The third-order valence-electron chi connectivity index (χ3n) is 2.49. The number of nitrogens with zero attached hydrogens (tertiary/aromatic N) is 2. The molecule has 0 spiro atoms. The molecule has 0 radical (unpaired) electrons. The van der Waals surface area contributed by atoms with Gasteiger partial charge in [-0.15, -0.1) is 0 Å². The highest BCUT2D eigenvalue weighted by atomic mass is 16.6. The maximum absolute atomic E-state index is 11.3. The molecular formula is C13H20N2O4. The van der Waals surface area contributed by atoms with E-state index in [1.54, 1.807) is 26.0 Å². The van der Waals surface area contributed by atoms with Gasteiger partial charge in [-0.2, -0.15) is 0 Å². The lowest BCUT2D eigenvalue weighted by molar-refractivity contribution is -0.387. The molecule has 0 fully saturated rings. The summed E-state index contributed by atoms with van der Waals surface area (Å²) < 4.78 is 5.53. The first-order valence-corrected chi connectivity index (χ1v) is 6.08. The van der Waals surface area contributed by atoms with Gasteiger partial charge < -0.3 is 14.7 Å². The van der Waals surface area contributed by atoms with Gasteiger partial charge in [0.1, 0.15) is 0 Å². The van der Waals surface area contributed by atoms with Crippen LogP contribution in [0.4, 0.5) is 5.69 Å². The average molecular weight is 268 g/mol. The lowest BCUT2D eigenvalue weighted by atomic mass is 10.1. The molecule has 0 atom stereocenters. The smallest absolute Gasteiger partial charge is 0.315 e. The Kier molecular flexibility index (Phi) is 5.26. The van der Waals surface area contributed by atoms with Crippen molar-refractivity contribution in [2.75, 3.05) is 14.1 Å². The van der Waals surface area contributed by atoms with Crippen LogP contribution in [0.5, 0.6) is 5.75 Å². The van der Waals surface area contributed by atoms with Crippen molar-refractivity contribution >= 4 is 5.69 Å². The first kappa shape index (κ1) is 15.4. The van der Waals surface area contributed by atoms with Crippen LogP contribution in [-0.2, 0) is 13.2 Å². The minimum atomic E-state index is -0.449. The molecule has 0 aliphatic heterocycles. The molecule has 0 bridgehead atoms. The second-order valence-corrected chi connectivity index (χ2v) is 4.88. The SMILES string of the molecule is CC(C)Oc1c(CO)ccc(CN(C)C)c1[N+](=O)[O-]. The van der Waals surface area contributed by atoms with Crippen LogP contribution >= 0.6 is 0 Å². The molecule has 6 nitrogen and oxygen atoms in total. The van der Waals surface area contributed by atoms with Gasteiger partial charge in [0.05, 0.1) is 17.6 Å². The van der Waals surface area contributed by atoms with Gasteiger partial charge in [-0.05, 0) is 27.9 Å². The van der Waals surface area contributed by atoms with Crippen LogP contribution in [0.25, 0.3) is 0 Å². The highest BCUT2D eigenvalue weighted by Crippen LogP contribution is 2.36. The van der Waals surface area contributed by atoms with Crippen molar-refractivity contribution < 1.29 is 14.8 Å². The van der Waals surface area contributed by atoms with Crippen LogP contribution in [0.1, 0.15) is 25.0 Å². The zero-order valence-electron chi connectivity index (χ0n) is 11.7. The van der Waals surface area contributed by atoms with Gasteiger partial charge in [0.15, 0.2) is 0 Å². The van der Waals surface area contributed by atoms with Crippen molar-refractivity contribution in [3.05, 3.63) is 33.4 Å². The third-order valence-corrected chi connectivity index (χ3v) is 2.49. The lowest BCUT2D eigenvalue weighted by Gasteiger charge is -2.17. The van der Waals surface area contributed by atoms with E-state index in [1.807, 2.05) is 19.0 Å². The molecule has 0 amide bonds. The number of nitro groups is 1. The molecule has 1 aromatic rings. The maximum Gasteiger partial charge on any atom is 0.315 e. The van der Waals surface area contributed by atoms with E-state index in [1.165, 1.54) is 0 Å². The molecule has 0 aliphatic carbocycles. The molecule has 1 rings (SSSR count). The summed E-state index contributed by atoms with van der Waals surface area (Å²) in [5, 5.41) is 20.6. The molecule has 0 saturated carbocycles. The van der Waals surface area contributed by atoms with Gasteiger partial charge in [0, 0.05) is 17.7 Å². The average Bonchev–Trinajstić information content (AvgIpc) is 2.27. The first-order chi connectivity index (χ1) is 8.86. The fourth-order valence-electron chi connectivity index (χ4n) is 1.81. The molecule has 0 unspecified atom stereocenters. The number of aliphatic hydroxyl groups excluding tert-OH is 1. The fraction of sp³-hybridized carbons (Fsp3) is 0.538. The van der Waals surface area contributed by atoms with Crippen molar-refractivity contribution in [3.63, 3.8) is 0 Å². The monoisotopic (exact) mass is 268 g/mol. The Hall–Kier alpha value is -1.66. The Morgan fingerprint density at radius 2 is 1.95 bits per heavy atom. The Bertz CT molecular complexity index is 458. The number of aliphatic hydroxyl groups is 1. The van der Waals surface area contributed by atoms with Crippen LogP contribution in [0.2, 0.25) is 0 Å². The van der Waals surface area contributed by atoms with Gasteiger partial charge in [-0.1, -0.05) is 12.1 Å². The minimum absolute atomic E-state index is 0.0612. The standard InChI is InChI=1S/C13H20N2O4/c1-9(2)19-13-11(8-16)6-5-10(7-14(3)4)12(13)15(17)18/h5-6,9,16H,7-8H2,1-4H3. The number of ether oxygens (including phenoxy) is 1.